The molecule has 1 aromatic rings. The van der Waals surface area contributed by atoms with Crippen molar-refractivity contribution in [1.29, 1.82) is 0 Å². The van der Waals surface area contributed by atoms with Crippen LogP contribution < -0.4 is 5.73 Å². The summed E-state index contributed by atoms with van der Waals surface area (Å²) in [4.78, 5) is 7.98. The second kappa shape index (κ2) is 4.66. The maximum absolute atomic E-state index is 5.99. The van der Waals surface area contributed by atoms with Crippen molar-refractivity contribution in [2.24, 2.45) is 16.6 Å². The number of nitrogens with zero attached hydrogens (tertiary/aromatic N) is 2. The van der Waals surface area contributed by atoms with Crippen molar-refractivity contribution in [3.05, 3.63) is 22.4 Å². The molecule has 1 saturated heterocycles. The third-order valence-corrected chi connectivity index (χ3v) is 4.41. The lowest BCUT2D eigenvalue weighted by atomic mass is 9.98. The number of thiophene rings is 1. The Morgan fingerprint density at radius 1 is 1.59 bits per heavy atom. The fourth-order valence-electron chi connectivity index (χ4n) is 2.57. The van der Waals surface area contributed by atoms with Gasteiger partial charge in [0.05, 0.1) is 25.7 Å². The van der Waals surface area contributed by atoms with E-state index >= 15 is 0 Å². The molecule has 1 aromatic heterocycles. The topological polar surface area (TPSA) is 50.9 Å². The van der Waals surface area contributed by atoms with Gasteiger partial charge in [0.1, 0.15) is 0 Å². The van der Waals surface area contributed by atoms with Gasteiger partial charge in [-0.25, -0.2) is 0 Å². The van der Waals surface area contributed by atoms with Gasteiger partial charge in [-0.05, 0) is 17.9 Å². The molecule has 3 rings (SSSR count). The molecule has 0 spiro atoms. The Hall–Kier alpha value is -1.07. The van der Waals surface area contributed by atoms with Crippen LogP contribution in [0, 0.1) is 5.92 Å². The highest BCUT2D eigenvalue weighted by Gasteiger charge is 2.35. The molecule has 2 aliphatic rings. The summed E-state index contributed by atoms with van der Waals surface area (Å²) in [6, 6.07) is 4.66. The molecule has 0 bridgehead atoms. The molecule has 0 saturated carbocycles. The van der Waals surface area contributed by atoms with Crippen LogP contribution in [0.3, 0.4) is 0 Å². The van der Waals surface area contributed by atoms with Gasteiger partial charge < -0.3 is 15.4 Å². The van der Waals surface area contributed by atoms with Crippen molar-refractivity contribution in [3.8, 4) is 0 Å². The highest BCUT2D eigenvalue weighted by atomic mass is 32.1. The van der Waals surface area contributed by atoms with E-state index in [2.05, 4.69) is 27.4 Å². The van der Waals surface area contributed by atoms with E-state index in [1.165, 1.54) is 4.88 Å². The predicted molar refractivity (Wildman–Crippen MR) is 69.1 cm³/mol. The predicted octanol–water partition coefficient (Wildman–Crippen LogP) is 1.28. The Balaban J connectivity index is 1.72. The Morgan fingerprint density at radius 3 is 3.24 bits per heavy atom. The molecule has 2 atom stereocenters. The van der Waals surface area contributed by atoms with E-state index in [1.54, 1.807) is 11.3 Å². The maximum Gasteiger partial charge on any atom is 0.191 e. The summed E-state index contributed by atoms with van der Waals surface area (Å²) in [5, 5.41) is 2.10. The lowest BCUT2D eigenvalue weighted by molar-refractivity contribution is 0.162. The normalized spacial score (nSPS) is 28.7. The summed E-state index contributed by atoms with van der Waals surface area (Å²) >= 11 is 1.77. The zero-order valence-corrected chi connectivity index (χ0v) is 10.5. The van der Waals surface area contributed by atoms with E-state index < -0.39 is 0 Å². The average Bonchev–Trinajstić information content (AvgIpc) is 3.03. The number of ether oxygens (including phenoxy) is 1. The zero-order chi connectivity index (χ0) is 11.7. The maximum atomic E-state index is 5.99. The number of guanidine groups is 1. The Kier molecular flexibility index (Phi) is 3.03. The summed E-state index contributed by atoms with van der Waals surface area (Å²) < 4.78 is 5.47. The lowest BCUT2D eigenvalue weighted by Crippen LogP contribution is -2.44. The van der Waals surface area contributed by atoms with E-state index in [9.17, 15) is 0 Å². The quantitative estimate of drug-likeness (QED) is 0.880. The van der Waals surface area contributed by atoms with Gasteiger partial charge in [0.2, 0.25) is 0 Å². The second-order valence-corrected chi connectivity index (χ2v) is 5.63. The molecule has 2 aliphatic heterocycles. The van der Waals surface area contributed by atoms with Crippen molar-refractivity contribution in [3.63, 3.8) is 0 Å². The molecule has 0 amide bonds. The van der Waals surface area contributed by atoms with E-state index in [-0.39, 0.29) is 0 Å². The summed E-state index contributed by atoms with van der Waals surface area (Å²) in [6.07, 6.45) is 1.13. The first-order valence-electron chi connectivity index (χ1n) is 6.01. The average molecular weight is 251 g/mol. The van der Waals surface area contributed by atoms with Crippen LogP contribution in [0.5, 0.6) is 0 Å². The summed E-state index contributed by atoms with van der Waals surface area (Å²) in [6.45, 7) is 3.45. The minimum atomic E-state index is 0.430. The van der Waals surface area contributed by atoms with Crippen molar-refractivity contribution in [2.75, 3.05) is 19.8 Å². The van der Waals surface area contributed by atoms with Crippen LogP contribution in [0.15, 0.2) is 22.5 Å². The number of rotatable bonds is 3. The molecule has 2 N–H and O–H groups in total. The Bertz CT molecular complexity index is 398. The van der Waals surface area contributed by atoms with Gasteiger partial charge in [-0.3, -0.25) is 4.99 Å². The molecule has 4 nitrogen and oxygen atoms in total. The summed E-state index contributed by atoms with van der Waals surface area (Å²) in [5.74, 6) is 1.27. The molecule has 2 unspecified atom stereocenters. The number of hydrogen-bond acceptors (Lipinski definition) is 5. The molecule has 92 valence electrons. The van der Waals surface area contributed by atoms with Crippen LogP contribution in [-0.4, -0.2) is 36.7 Å². The van der Waals surface area contributed by atoms with Crippen LogP contribution in [0.4, 0.5) is 0 Å². The molecule has 3 heterocycles. The second-order valence-electron chi connectivity index (χ2n) is 4.60. The third-order valence-electron chi connectivity index (χ3n) is 3.55. The molecule has 0 aliphatic carbocycles. The minimum absolute atomic E-state index is 0.430. The first kappa shape index (κ1) is 11.0. The molecule has 1 fully saturated rings. The lowest BCUT2D eigenvalue weighted by Gasteiger charge is -2.29. The van der Waals surface area contributed by atoms with Gasteiger partial charge in [0.25, 0.3) is 0 Å². The molecule has 5 heteroatoms. The fraction of sp³-hybridized carbons (Fsp3) is 0.583. The van der Waals surface area contributed by atoms with E-state index in [0.29, 0.717) is 17.9 Å². The molecule has 0 aromatic carbocycles. The number of nitrogens with two attached hydrogens (primary N) is 1. The Morgan fingerprint density at radius 2 is 2.53 bits per heavy atom. The molecular weight excluding hydrogens is 234 g/mol. The van der Waals surface area contributed by atoms with Crippen LogP contribution >= 0.6 is 11.3 Å². The van der Waals surface area contributed by atoms with E-state index in [4.69, 9.17) is 10.5 Å². The van der Waals surface area contributed by atoms with Gasteiger partial charge in [-0.2, -0.15) is 0 Å². The fourth-order valence-corrected chi connectivity index (χ4v) is 3.28. The highest BCUT2D eigenvalue weighted by molar-refractivity contribution is 7.09. The van der Waals surface area contributed by atoms with Crippen LogP contribution in [-0.2, 0) is 11.3 Å². The highest BCUT2D eigenvalue weighted by Crippen LogP contribution is 2.26. The van der Waals surface area contributed by atoms with Crippen LogP contribution in [0.25, 0.3) is 0 Å². The van der Waals surface area contributed by atoms with Crippen LogP contribution in [0.2, 0.25) is 0 Å². The SMILES string of the molecule is NC1=NCC(C2CCOC2)N1Cc1cccs1. The van der Waals surface area contributed by atoms with Crippen LogP contribution in [0.1, 0.15) is 11.3 Å². The van der Waals surface area contributed by atoms with Crippen molar-refractivity contribution in [1.82, 2.24) is 4.90 Å². The van der Waals surface area contributed by atoms with Crippen molar-refractivity contribution < 1.29 is 4.74 Å². The zero-order valence-electron chi connectivity index (χ0n) is 9.71. The minimum Gasteiger partial charge on any atom is -0.381 e. The van der Waals surface area contributed by atoms with Gasteiger partial charge in [-0.15, -0.1) is 11.3 Å². The number of hydrogen-bond donors (Lipinski definition) is 1. The van der Waals surface area contributed by atoms with Gasteiger partial charge in [0, 0.05) is 17.4 Å². The van der Waals surface area contributed by atoms with Crippen molar-refractivity contribution in [2.45, 2.75) is 19.0 Å². The van der Waals surface area contributed by atoms with Gasteiger partial charge >= 0.3 is 0 Å². The van der Waals surface area contributed by atoms with E-state index in [0.717, 1.165) is 32.7 Å². The monoisotopic (exact) mass is 251 g/mol. The Labute approximate surface area is 105 Å². The van der Waals surface area contributed by atoms with Gasteiger partial charge in [0.15, 0.2) is 5.96 Å². The summed E-state index contributed by atoms with van der Waals surface area (Å²) in [5.41, 5.74) is 5.99. The van der Waals surface area contributed by atoms with Gasteiger partial charge in [-0.1, -0.05) is 6.07 Å². The first-order valence-corrected chi connectivity index (χ1v) is 6.89. The van der Waals surface area contributed by atoms with Crippen molar-refractivity contribution >= 4 is 17.3 Å². The molecule has 0 radical (unpaired) electrons. The van der Waals surface area contributed by atoms with E-state index in [1.807, 2.05) is 0 Å². The summed E-state index contributed by atoms with van der Waals surface area (Å²) in [7, 11) is 0. The largest absolute Gasteiger partial charge is 0.381 e. The molecular formula is C12H17N3OS. The first-order chi connectivity index (χ1) is 8.34. The standard InChI is InChI=1S/C12H17N3OS/c13-12-14-6-11(9-3-4-16-8-9)15(12)7-10-2-1-5-17-10/h1-2,5,9,11H,3-4,6-8H2,(H2,13,14). The molecule has 17 heavy (non-hydrogen) atoms. The number of aliphatic imine (C=N–C) groups is 1. The smallest absolute Gasteiger partial charge is 0.191 e. The third kappa shape index (κ3) is 2.17.